The number of imidazole rings is 1. The van der Waals surface area contributed by atoms with Gasteiger partial charge in [-0.15, -0.1) is 0 Å². The zero-order valence-electron chi connectivity index (χ0n) is 11.7. The Labute approximate surface area is 118 Å². The van der Waals surface area contributed by atoms with Crippen LogP contribution in [-0.2, 0) is 11.2 Å². The SMILES string of the molecule is COCCc1nc2cccnc2n1-c1ccc(C)cc1. The summed E-state index contributed by atoms with van der Waals surface area (Å²) in [6.07, 6.45) is 2.57. The molecular formula is C16H17N3O. The second-order valence-corrected chi connectivity index (χ2v) is 4.79. The maximum Gasteiger partial charge on any atom is 0.164 e. The first-order chi connectivity index (χ1) is 9.79. The predicted molar refractivity (Wildman–Crippen MR) is 79.2 cm³/mol. The monoisotopic (exact) mass is 267 g/mol. The van der Waals surface area contributed by atoms with E-state index in [1.54, 1.807) is 13.3 Å². The topological polar surface area (TPSA) is 39.9 Å². The first-order valence-electron chi connectivity index (χ1n) is 6.68. The fourth-order valence-corrected chi connectivity index (χ4v) is 2.29. The Bertz CT molecular complexity index is 716. The summed E-state index contributed by atoms with van der Waals surface area (Å²) in [5.41, 5.74) is 4.13. The second kappa shape index (κ2) is 5.43. The zero-order chi connectivity index (χ0) is 13.9. The van der Waals surface area contributed by atoms with Crippen molar-refractivity contribution >= 4 is 11.2 Å². The van der Waals surface area contributed by atoms with E-state index in [9.17, 15) is 0 Å². The molecule has 4 nitrogen and oxygen atoms in total. The Balaban J connectivity index is 2.17. The molecular weight excluding hydrogens is 250 g/mol. The third-order valence-corrected chi connectivity index (χ3v) is 3.31. The van der Waals surface area contributed by atoms with Crippen LogP contribution in [0.3, 0.4) is 0 Å². The number of fused-ring (bicyclic) bond motifs is 1. The summed E-state index contributed by atoms with van der Waals surface area (Å²) < 4.78 is 7.28. The number of nitrogens with zero attached hydrogens (tertiary/aromatic N) is 3. The van der Waals surface area contributed by atoms with Crippen LogP contribution in [-0.4, -0.2) is 28.3 Å². The number of benzene rings is 1. The molecule has 0 fully saturated rings. The summed E-state index contributed by atoms with van der Waals surface area (Å²) in [7, 11) is 1.71. The first kappa shape index (κ1) is 12.8. The second-order valence-electron chi connectivity index (χ2n) is 4.79. The van der Waals surface area contributed by atoms with Crippen LogP contribution in [0.1, 0.15) is 11.4 Å². The third kappa shape index (κ3) is 2.30. The summed E-state index contributed by atoms with van der Waals surface area (Å²) >= 11 is 0. The largest absolute Gasteiger partial charge is 0.384 e. The molecule has 4 heteroatoms. The Morgan fingerprint density at radius 3 is 2.70 bits per heavy atom. The van der Waals surface area contributed by atoms with Crippen molar-refractivity contribution in [1.82, 2.24) is 14.5 Å². The van der Waals surface area contributed by atoms with Crippen molar-refractivity contribution in [1.29, 1.82) is 0 Å². The molecule has 20 heavy (non-hydrogen) atoms. The van der Waals surface area contributed by atoms with Gasteiger partial charge in [-0.2, -0.15) is 0 Å². The number of methoxy groups -OCH3 is 1. The van der Waals surface area contributed by atoms with E-state index < -0.39 is 0 Å². The molecule has 102 valence electrons. The van der Waals surface area contributed by atoms with Crippen LogP contribution < -0.4 is 0 Å². The van der Waals surface area contributed by atoms with Gasteiger partial charge in [0.05, 0.1) is 6.61 Å². The van der Waals surface area contributed by atoms with Gasteiger partial charge in [0.2, 0.25) is 0 Å². The van der Waals surface area contributed by atoms with Gasteiger partial charge < -0.3 is 4.74 Å². The van der Waals surface area contributed by atoms with Crippen molar-refractivity contribution < 1.29 is 4.74 Å². The minimum absolute atomic E-state index is 0.648. The van der Waals surface area contributed by atoms with Crippen LogP contribution in [0, 0.1) is 6.92 Å². The molecule has 0 aliphatic rings. The predicted octanol–water partition coefficient (Wildman–Crippen LogP) is 2.92. The molecule has 0 N–H and O–H groups in total. The fourth-order valence-electron chi connectivity index (χ4n) is 2.29. The number of hydrogen-bond donors (Lipinski definition) is 0. The molecule has 0 radical (unpaired) electrons. The molecule has 3 rings (SSSR count). The van der Waals surface area contributed by atoms with E-state index in [2.05, 4.69) is 45.7 Å². The smallest absolute Gasteiger partial charge is 0.164 e. The van der Waals surface area contributed by atoms with Gasteiger partial charge in [0.15, 0.2) is 5.65 Å². The van der Waals surface area contributed by atoms with Gasteiger partial charge in [-0.25, -0.2) is 9.97 Å². The summed E-state index contributed by atoms with van der Waals surface area (Å²) in [6.45, 7) is 2.73. The molecule has 0 amide bonds. The molecule has 0 saturated heterocycles. The van der Waals surface area contributed by atoms with Gasteiger partial charge in [0.1, 0.15) is 11.3 Å². The Kier molecular flexibility index (Phi) is 3.48. The maximum atomic E-state index is 5.18. The average molecular weight is 267 g/mol. The molecule has 3 aromatic rings. The van der Waals surface area contributed by atoms with Gasteiger partial charge in [0.25, 0.3) is 0 Å². The van der Waals surface area contributed by atoms with Crippen molar-refractivity contribution in [3.8, 4) is 5.69 Å². The molecule has 0 aliphatic heterocycles. The number of ether oxygens (including phenoxy) is 1. The van der Waals surface area contributed by atoms with E-state index in [-0.39, 0.29) is 0 Å². The third-order valence-electron chi connectivity index (χ3n) is 3.31. The standard InChI is InChI=1S/C16H17N3O/c1-12-5-7-13(8-6-12)19-15(9-11-20-2)18-14-4-3-10-17-16(14)19/h3-8,10H,9,11H2,1-2H3. The van der Waals surface area contributed by atoms with Crippen LogP contribution in [0.15, 0.2) is 42.6 Å². The van der Waals surface area contributed by atoms with Gasteiger partial charge in [-0.05, 0) is 31.2 Å². The zero-order valence-corrected chi connectivity index (χ0v) is 11.7. The van der Waals surface area contributed by atoms with Crippen molar-refractivity contribution in [3.05, 3.63) is 54.0 Å². The highest BCUT2D eigenvalue weighted by Crippen LogP contribution is 2.20. The Morgan fingerprint density at radius 2 is 1.95 bits per heavy atom. The van der Waals surface area contributed by atoms with Gasteiger partial charge in [-0.1, -0.05) is 17.7 Å². The Morgan fingerprint density at radius 1 is 1.15 bits per heavy atom. The van der Waals surface area contributed by atoms with Crippen LogP contribution in [0.25, 0.3) is 16.9 Å². The lowest BCUT2D eigenvalue weighted by molar-refractivity contribution is 0.200. The van der Waals surface area contributed by atoms with Crippen LogP contribution >= 0.6 is 0 Å². The molecule has 0 bridgehead atoms. The van der Waals surface area contributed by atoms with E-state index in [0.29, 0.717) is 6.61 Å². The van der Waals surface area contributed by atoms with Crippen molar-refractivity contribution in [2.45, 2.75) is 13.3 Å². The van der Waals surface area contributed by atoms with E-state index >= 15 is 0 Å². The lowest BCUT2D eigenvalue weighted by atomic mass is 10.2. The minimum atomic E-state index is 0.648. The quantitative estimate of drug-likeness (QED) is 0.729. The Hall–Kier alpha value is -2.20. The van der Waals surface area contributed by atoms with E-state index in [1.165, 1.54) is 5.56 Å². The molecule has 0 atom stereocenters. The van der Waals surface area contributed by atoms with Gasteiger partial charge in [-0.3, -0.25) is 4.57 Å². The summed E-state index contributed by atoms with van der Waals surface area (Å²) in [6, 6.07) is 12.3. The molecule has 2 aromatic heterocycles. The number of aryl methyl sites for hydroxylation is 1. The molecule has 0 aliphatic carbocycles. The fraction of sp³-hybridized carbons (Fsp3) is 0.250. The number of pyridine rings is 1. The average Bonchev–Trinajstić information content (AvgIpc) is 2.84. The first-order valence-corrected chi connectivity index (χ1v) is 6.68. The van der Waals surface area contributed by atoms with Crippen molar-refractivity contribution in [2.75, 3.05) is 13.7 Å². The van der Waals surface area contributed by atoms with Crippen LogP contribution in [0.4, 0.5) is 0 Å². The van der Waals surface area contributed by atoms with Crippen molar-refractivity contribution in [3.63, 3.8) is 0 Å². The molecule has 2 heterocycles. The van der Waals surface area contributed by atoms with Crippen LogP contribution in [0.2, 0.25) is 0 Å². The van der Waals surface area contributed by atoms with Crippen molar-refractivity contribution in [2.24, 2.45) is 0 Å². The molecule has 0 spiro atoms. The molecule has 0 unspecified atom stereocenters. The molecule has 0 saturated carbocycles. The normalized spacial score (nSPS) is 11.1. The summed E-state index contributed by atoms with van der Waals surface area (Å²) in [4.78, 5) is 9.14. The van der Waals surface area contributed by atoms with Gasteiger partial charge in [0, 0.05) is 25.4 Å². The lowest BCUT2D eigenvalue weighted by Crippen LogP contribution is -2.05. The lowest BCUT2D eigenvalue weighted by Gasteiger charge is -2.08. The number of hydrogen-bond acceptors (Lipinski definition) is 3. The number of aromatic nitrogens is 3. The number of rotatable bonds is 4. The van der Waals surface area contributed by atoms with Gasteiger partial charge >= 0.3 is 0 Å². The van der Waals surface area contributed by atoms with E-state index in [0.717, 1.165) is 29.1 Å². The van der Waals surface area contributed by atoms with E-state index in [1.807, 2.05) is 12.1 Å². The molecule has 1 aromatic carbocycles. The highest BCUT2D eigenvalue weighted by atomic mass is 16.5. The van der Waals surface area contributed by atoms with Crippen LogP contribution in [0.5, 0.6) is 0 Å². The maximum absolute atomic E-state index is 5.18. The highest BCUT2D eigenvalue weighted by Gasteiger charge is 2.12. The summed E-state index contributed by atoms with van der Waals surface area (Å²) in [5.74, 6) is 0.976. The highest BCUT2D eigenvalue weighted by molar-refractivity contribution is 5.73. The van der Waals surface area contributed by atoms with E-state index in [4.69, 9.17) is 4.74 Å². The minimum Gasteiger partial charge on any atom is -0.384 e. The summed E-state index contributed by atoms with van der Waals surface area (Å²) in [5, 5.41) is 0.